The number of fused-ring (bicyclic) bond motifs is 2. The van der Waals surface area contributed by atoms with Crippen molar-refractivity contribution in [2.24, 2.45) is 0 Å². The summed E-state index contributed by atoms with van der Waals surface area (Å²) in [5.41, 5.74) is 3.57. The van der Waals surface area contributed by atoms with Crippen molar-refractivity contribution in [2.75, 3.05) is 4.90 Å². The Balaban J connectivity index is 1.45. The van der Waals surface area contributed by atoms with Crippen LogP contribution in [0.1, 0.15) is 36.8 Å². The fourth-order valence-electron chi connectivity index (χ4n) is 5.72. The molecule has 3 unspecified atom stereocenters. The molecule has 2 aromatic carbocycles. The Labute approximate surface area is 212 Å². The number of esters is 1. The number of halogens is 1. The third-order valence-electron chi connectivity index (χ3n) is 7.20. The van der Waals surface area contributed by atoms with E-state index in [4.69, 9.17) is 16.3 Å². The summed E-state index contributed by atoms with van der Waals surface area (Å²) in [7, 11) is 0. The predicted octanol–water partition coefficient (Wildman–Crippen LogP) is 4.40. The normalized spacial score (nSPS) is 25.4. The highest BCUT2D eigenvalue weighted by Crippen LogP contribution is 2.51. The van der Waals surface area contributed by atoms with Gasteiger partial charge in [-0.3, -0.25) is 19.7 Å². The molecule has 7 nitrogen and oxygen atoms in total. The molecule has 2 amide bonds. The average molecular weight is 502 g/mol. The summed E-state index contributed by atoms with van der Waals surface area (Å²) in [6.07, 6.45) is 6.85. The van der Waals surface area contributed by atoms with Gasteiger partial charge in [0.05, 0.1) is 11.5 Å². The largest absolute Gasteiger partial charge is 0.458 e. The molecule has 0 radical (unpaired) electrons. The highest BCUT2D eigenvalue weighted by atomic mass is 35.5. The van der Waals surface area contributed by atoms with Crippen LogP contribution in [0.3, 0.4) is 0 Å². The van der Waals surface area contributed by atoms with Crippen LogP contribution in [0.25, 0.3) is 16.5 Å². The van der Waals surface area contributed by atoms with Crippen LogP contribution >= 0.6 is 11.6 Å². The van der Waals surface area contributed by atoms with Gasteiger partial charge in [-0.25, -0.2) is 0 Å². The molecule has 0 spiro atoms. The molecular weight excluding hydrogens is 478 g/mol. The van der Waals surface area contributed by atoms with Crippen molar-refractivity contribution in [1.29, 1.82) is 0 Å². The molecule has 0 saturated carbocycles. The monoisotopic (exact) mass is 501 g/mol. The Hall–Kier alpha value is -3.84. The minimum Gasteiger partial charge on any atom is -0.458 e. The summed E-state index contributed by atoms with van der Waals surface area (Å²) in [6, 6.07) is 15.5. The number of carbonyl (C=O) groups excluding carboxylic acids is 3. The summed E-state index contributed by atoms with van der Waals surface area (Å²) >= 11 is 7.18. The van der Waals surface area contributed by atoms with E-state index in [0.717, 1.165) is 28.6 Å². The first-order chi connectivity index (χ1) is 17.4. The number of nitrogens with one attached hydrogen (secondary N) is 2. The second kappa shape index (κ2) is 8.68. The van der Waals surface area contributed by atoms with Gasteiger partial charge in [0.2, 0.25) is 0 Å². The SMILES string of the molecule is CC(=O)O[C@@H]1C=CC(N2c3ccccc3C(C3=C(c4c[nH]c5ccccc45)C(=O)NC3=O)C2Cl)CC1. The van der Waals surface area contributed by atoms with E-state index in [1.54, 1.807) is 6.20 Å². The molecule has 6 rings (SSSR count). The number of rotatable bonds is 4. The molecule has 3 aliphatic rings. The molecule has 1 aromatic heterocycles. The highest BCUT2D eigenvalue weighted by Gasteiger charge is 2.48. The first-order valence-electron chi connectivity index (χ1n) is 12.0. The van der Waals surface area contributed by atoms with Gasteiger partial charge in [0.1, 0.15) is 11.6 Å². The van der Waals surface area contributed by atoms with Gasteiger partial charge in [0.15, 0.2) is 0 Å². The molecule has 182 valence electrons. The van der Waals surface area contributed by atoms with E-state index in [1.807, 2.05) is 60.7 Å². The third-order valence-corrected chi connectivity index (χ3v) is 7.66. The topological polar surface area (TPSA) is 91.5 Å². The lowest BCUT2D eigenvalue weighted by Crippen LogP contribution is -2.41. The van der Waals surface area contributed by atoms with E-state index in [9.17, 15) is 14.4 Å². The van der Waals surface area contributed by atoms with Crippen molar-refractivity contribution in [2.45, 2.75) is 43.3 Å². The smallest absolute Gasteiger partial charge is 0.303 e. The van der Waals surface area contributed by atoms with Crippen molar-refractivity contribution in [3.05, 3.63) is 83.6 Å². The molecule has 2 N–H and O–H groups in total. The molecule has 36 heavy (non-hydrogen) atoms. The Morgan fingerprint density at radius 3 is 2.58 bits per heavy atom. The van der Waals surface area contributed by atoms with Gasteiger partial charge in [-0.05, 0) is 36.6 Å². The van der Waals surface area contributed by atoms with Crippen LogP contribution in [-0.2, 0) is 19.1 Å². The zero-order valence-electron chi connectivity index (χ0n) is 19.5. The van der Waals surface area contributed by atoms with Crippen LogP contribution < -0.4 is 10.2 Å². The maximum atomic E-state index is 13.3. The Bertz CT molecular complexity index is 1470. The van der Waals surface area contributed by atoms with Gasteiger partial charge in [0, 0.05) is 46.9 Å². The number of aromatic amines is 1. The number of carbonyl (C=O) groups is 3. The molecular formula is C28H24ClN3O4. The van der Waals surface area contributed by atoms with Crippen molar-refractivity contribution in [1.82, 2.24) is 10.3 Å². The number of para-hydroxylation sites is 2. The molecule has 3 aromatic rings. The quantitative estimate of drug-likeness (QED) is 0.182. The van der Waals surface area contributed by atoms with E-state index in [0.29, 0.717) is 23.1 Å². The number of amides is 2. The number of hydrogen-bond acceptors (Lipinski definition) is 5. The first kappa shape index (κ1) is 22.6. The van der Waals surface area contributed by atoms with Crippen LogP contribution in [0.5, 0.6) is 0 Å². The number of benzene rings is 2. The minimum absolute atomic E-state index is 0.0391. The number of anilines is 1. The number of H-pyrrole nitrogens is 1. The molecule has 4 atom stereocenters. The zero-order valence-corrected chi connectivity index (χ0v) is 20.3. The predicted molar refractivity (Wildman–Crippen MR) is 137 cm³/mol. The van der Waals surface area contributed by atoms with Crippen molar-refractivity contribution in [3.63, 3.8) is 0 Å². The molecule has 0 saturated heterocycles. The van der Waals surface area contributed by atoms with Crippen molar-refractivity contribution in [3.8, 4) is 0 Å². The molecule has 0 bridgehead atoms. The van der Waals surface area contributed by atoms with Crippen molar-refractivity contribution >= 4 is 51.5 Å². The van der Waals surface area contributed by atoms with E-state index >= 15 is 0 Å². The van der Waals surface area contributed by atoms with E-state index < -0.39 is 23.2 Å². The van der Waals surface area contributed by atoms with Gasteiger partial charge < -0.3 is 14.6 Å². The zero-order chi connectivity index (χ0) is 25.0. The van der Waals surface area contributed by atoms with E-state index in [2.05, 4.69) is 15.2 Å². The molecule has 8 heteroatoms. The van der Waals surface area contributed by atoms with Gasteiger partial charge in [-0.2, -0.15) is 0 Å². The maximum Gasteiger partial charge on any atom is 0.303 e. The number of ether oxygens (including phenoxy) is 1. The molecule has 1 aliphatic carbocycles. The number of imide groups is 1. The van der Waals surface area contributed by atoms with Crippen LogP contribution in [-0.4, -0.2) is 40.4 Å². The van der Waals surface area contributed by atoms with Crippen LogP contribution in [0.2, 0.25) is 0 Å². The standard InChI is InChI=1S/C28H24ClN3O4/c1-15(33)36-17-12-10-16(11-13-17)32-22-9-5-3-7-19(22)23(26(32)29)25-24(27(34)31-28(25)35)20-14-30-21-8-4-2-6-18(20)21/h2-10,12,14,16-17,23,26,30H,11,13H2,1H3,(H,31,34,35)/t16?,17-,23?,26?/m1/s1. The maximum absolute atomic E-state index is 13.3. The fraction of sp³-hybridized carbons (Fsp3) is 0.250. The van der Waals surface area contributed by atoms with Crippen LogP contribution in [0.15, 0.2) is 72.5 Å². The van der Waals surface area contributed by atoms with Gasteiger partial charge in [0.25, 0.3) is 11.8 Å². The summed E-state index contributed by atoms with van der Waals surface area (Å²) < 4.78 is 5.34. The average Bonchev–Trinajstić information content (AvgIpc) is 3.49. The summed E-state index contributed by atoms with van der Waals surface area (Å²) in [4.78, 5) is 43.0. The second-order valence-electron chi connectivity index (χ2n) is 9.31. The number of aromatic nitrogens is 1. The van der Waals surface area contributed by atoms with Gasteiger partial charge in [-0.15, -0.1) is 0 Å². The third kappa shape index (κ3) is 3.54. The summed E-state index contributed by atoms with van der Waals surface area (Å²) in [5.74, 6) is -1.64. The van der Waals surface area contributed by atoms with Crippen molar-refractivity contribution < 1.29 is 19.1 Å². The van der Waals surface area contributed by atoms with Crippen LogP contribution in [0, 0.1) is 0 Å². The number of alkyl halides is 1. The highest BCUT2D eigenvalue weighted by molar-refractivity contribution is 6.38. The van der Waals surface area contributed by atoms with Crippen LogP contribution in [0.4, 0.5) is 5.69 Å². The van der Waals surface area contributed by atoms with Gasteiger partial charge >= 0.3 is 5.97 Å². The molecule has 0 fully saturated rings. The first-order valence-corrected chi connectivity index (χ1v) is 12.4. The lowest BCUT2D eigenvalue weighted by atomic mass is 9.87. The Morgan fingerprint density at radius 2 is 1.81 bits per heavy atom. The Kier molecular flexibility index (Phi) is 5.45. The fourth-order valence-corrected chi connectivity index (χ4v) is 6.23. The number of nitrogens with zero attached hydrogens (tertiary/aromatic N) is 1. The minimum atomic E-state index is -0.589. The molecule has 2 aliphatic heterocycles. The number of hydrogen-bond donors (Lipinski definition) is 2. The van der Waals surface area contributed by atoms with Gasteiger partial charge in [-0.1, -0.05) is 54.1 Å². The summed E-state index contributed by atoms with van der Waals surface area (Å²) in [5, 5.41) is 3.38. The summed E-state index contributed by atoms with van der Waals surface area (Å²) in [6.45, 7) is 1.41. The lowest BCUT2D eigenvalue weighted by molar-refractivity contribution is -0.144. The van der Waals surface area contributed by atoms with E-state index in [1.165, 1.54) is 6.92 Å². The van der Waals surface area contributed by atoms with E-state index in [-0.39, 0.29) is 18.1 Å². The Morgan fingerprint density at radius 1 is 1.03 bits per heavy atom. The second-order valence-corrected chi connectivity index (χ2v) is 9.76. The lowest BCUT2D eigenvalue weighted by Gasteiger charge is -2.35. The molecule has 3 heterocycles.